The summed E-state index contributed by atoms with van der Waals surface area (Å²) in [6.45, 7) is 27.1. The molecule has 1 heterocycles. The molecule has 5 heteroatoms. The van der Waals surface area contributed by atoms with Crippen LogP contribution in [0.3, 0.4) is 0 Å². The van der Waals surface area contributed by atoms with Gasteiger partial charge in [0.2, 0.25) is 0 Å². The average molecular weight is 463 g/mol. The second-order valence-electron chi connectivity index (χ2n) is 12.1. The van der Waals surface area contributed by atoms with E-state index in [4.69, 9.17) is 8.37 Å². The van der Waals surface area contributed by atoms with Crippen LogP contribution < -0.4 is 0 Å². The first-order valence-corrected chi connectivity index (χ1v) is 13.7. The van der Waals surface area contributed by atoms with Crippen molar-refractivity contribution in [3.63, 3.8) is 0 Å². The minimum Gasteiger partial charge on any atom is -0.241 e. The maximum atomic E-state index is 12.5. The third kappa shape index (κ3) is 1.93. The Kier molecular flexibility index (Phi) is 3.31. The smallest absolute Gasteiger partial charge is 0.241 e. The molecule has 0 aromatic heterocycles. The van der Waals surface area contributed by atoms with Gasteiger partial charge in [-0.1, -0.05) is 39.5 Å². The summed E-state index contributed by atoms with van der Waals surface area (Å²) in [5.41, 5.74) is 6.69. The molecule has 0 spiro atoms. The summed E-state index contributed by atoms with van der Waals surface area (Å²) in [6.07, 6.45) is 1.05. The predicted molar refractivity (Wildman–Crippen MR) is 125 cm³/mol. The van der Waals surface area contributed by atoms with Crippen LogP contribution in [0.4, 0.5) is 0 Å². The van der Waals surface area contributed by atoms with E-state index in [2.05, 4.69) is 39.5 Å². The van der Waals surface area contributed by atoms with E-state index in [-0.39, 0.29) is 11.8 Å². The summed E-state index contributed by atoms with van der Waals surface area (Å²) < 4.78 is 36.4. The van der Waals surface area contributed by atoms with Crippen LogP contribution in [0.5, 0.6) is 0 Å². The van der Waals surface area contributed by atoms with Gasteiger partial charge in [0.1, 0.15) is 12.2 Å². The topological polar surface area (TPSA) is 52.6 Å². The molecule has 12 unspecified atom stereocenters. The van der Waals surface area contributed by atoms with E-state index >= 15 is 0 Å². The lowest BCUT2D eigenvalue weighted by Gasteiger charge is -2.55. The molecule has 12 atom stereocenters. The lowest BCUT2D eigenvalue weighted by atomic mass is 9.49. The van der Waals surface area contributed by atoms with E-state index in [9.17, 15) is 8.42 Å². The van der Waals surface area contributed by atoms with Gasteiger partial charge in [-0.3, -0.25) is 0 Å². The highest BCUT2D eigenvalue weighted by molar-refractivity contribution is 7.82. The van der Waals surface area contributed by atoms with Gasteiger partial charge in [0, 0.05) is 11.8 Å². The van der Waals surface area contributed by atoms with Gasteiger partial charge in [-0.15, -0.1) is 0 Å². The SMILES string of the molecule is C=C1C(=C)C2CC3C(=C)C(=C)C4C5OS(=O)(=O)OC5C5C(=C)C(=C)C6CC1C2C1C6C5C4C31. The number of hydrogen-bond donors (Lipinski definition) is 0. The molecule has 0 aromatic carbocycles. The first kappa shape index (κ1) is 19.6. The molecule has 1 saturated heterocycles. The lowest BCUT2D eigenvalue weighted by molar-refractivity contribution is -0.0618. The van der Waals surface area contributed by atoms with E-state index in [1.54, 1.807) is 0 Å². The van der Waals surface area contributed by atoms with Crippen molar-refractivity contribution < 1.29 is 16.8 Å². The van der Waals surface area contributed by atoms with Gasteiger partial charge < -0.3 is 0 Å². The Morgan fingerprint density at radius 1 is 0.515 bits per heavy atom. The van der Waals surface area contributed by atoms with Crippen molar-refractivity contribution in [2.45, 2.75) is 25.0 Å². The summed E-state index contributed by atoms with van der Waals surface area (Å²) in [5, 5.41) is 0. The zero-order chi connectivity index (χ0) is 22.9. The zero-order valence-electron chi connectivity index (χ0n) is 18.8. The van der Waals surface area contributed by atoms with Crippen LogP contribution in [0.15, 0.2) is 72.9 Å². The van der Waals surface area contributed by atoms with Crippen molar-refractivity contribution in [2.75, 3.05) is 0 Å². The lowest BCUT2D eigenvalue weighted by Crippen LogP contribution is -2.57. The second-order valence-corrected chi connectivity index (χ2v) is 13.3. The Morgan fingerprint density at radius 2 is 0.879 bits per heavy atom. The molecule has 8 fully saturated rings. The molecule has 172 valence electrons. The predicted octanol–water partition coefficient (Wildman–Crippen LogP) is 4.62. The average Bonchev–Trinajstić information content (AvgIpc) is 3.36. The molecule has 4 nitrogen and oxygen atoms in total. The Hall–Kier alpha value is -1.69. The monoisotopic (exact) mass is 462 g/mol. The van der Waals surface area contributed by atoms with Crippen molar-refractivity contribution in [3.8, 4) is 0 Å². The number of hydrogen-bond acceptors (Lipinski definition) is 4. The van der Waals surface area contributed by atoms with E-state index in [1.165, 1.54) is 11.1 Å². The summed E-state index contributed by atoms with van der Waals surface area (Å²) >= 11 is 0. The summed E-state index contributed by atoms with van der Waals surface area (Å²) in [6, 6.07) is 0. The molecule has 0 bridgehead atoms. The Labute approximate surface area is 196 Å². The number of allylic oxidation sites excluding steroid dienone is 4. The minimum absolute atomic E-state index is 0.0597. The van der Waals surface area contributed by atoms with E-state index in [1.807, 2.05) is 0 Å². The summed E-state index contributed by atoms with van der Waals surface area (Å²) in [5.74, 6) is 4.32. The first-order valence-electron chi connectivity index (χ1n) is 12.4. The van der Waals surface area contributed by atoms with Crippen molar-refractivity contribution in [2.24, 2.45) is 71.0 Å². The maximum absolute atomic E-state index is 12.5. The number of rotatable bonds is 0. The Bertz CT molecular complexity index is 1170. The highest BCUT2D eigenvalue weighted by Crippen LogP contribution is 2.78. The van der Waals surface area contributed by atoms with E-state index in [0.29, 0.717) is 59.2 Å². The summed E-state index contributed by atoms with van der Waals surface area (Å²) in [4.78, 5) is 0. The largest absolute Gasteiger partial charge is 0.400 e. The van der Waals surface area contributed by atoms with Gasteiger partial charge in [0.25, 0.3) is 0 Å². The van der Waals surface area contributed by atoms with Crippen molar-refractivity contribution in [1.29, 1.82) is 0 Å². The quantitative estimate of drug-likeness (QED) is 0.527. The highest BCUT2D eigenvalue weighted by Gasteiger charge is 2.76. The molecule has 8 aliphatic rings. The maximum Gasteiger partial charge on any atom is 0.400 e. The Balaban J connectivity index is 1.40. The van der Waals surface area contributed by atoms with Gasteiger partial charge >= 0.3 is 10.4 Å². The van der Waals surface area contributed by atoms with Crippen LogP contribution >= 0.6 is 0 Å². The molecule has 7 saturated carbocycles. The molecular weight excluding hydrogens is 432 g/mol. The fourth-order valence-electron chi connectivity index (χ4n) is 10.9. The van der Waals surface area contributed by atoms with Crippen LogP contribution in [0.2, 0.25) is 0 Å². The van der Waals surface area contributed by atoms with Gasteiger partial charge in [-0.25, -0.2) is 8.37 Å². The van der Waals surface area contributed by atoms with Crippen molar-refractivity contribution in [1.82, 2.24) is 0 Å². The van der Waals surface area contributed by atoms with Gasteiger partial charge in [0.05, 0.1) is 0 Å². The van der Waals surface area contributed by atoms with Crippen LogP contribution in [0.1, 0.15) is 12.8 Å². The second kappa shape index (κ2) is 5.58. The molecule has 7 aliphatic carbocycles. The van der Waals surface area contributed by atoms with Gasteiger partial charge in [-0.05, 0) is 105 Å². The molecule has 0 amide bonds. The molecule has 0 radical (unpaired) electrons. The standard InChI is InChI=1S/C28H30O4S/c1-9-10(2)16-8-18-12(4)14(6)20-25-23(18)26-21(16)15(9)7-17-11(3)13(5)19(24(25)22(17)26)27-28(20)32-33(29,30)31-27/h15-28H,1-8H2. The third-order valence-corrected chi connectivity index (χ3v) is 12.6. The fraction of sp³-hybridized carbons (Fsp3) is 0.571. The molecular formula is C28H30O4S. The molecule has 8 rings (SSSR count). The van der Waals surface area contributed by atoms with Crippen LogP contribution in [0, 0.1) is 71.0 Å². The third-order valence-electron chi connectivity index (χ3n) is 11.7. The molecule has 0 aromatic rings. The summed E-state index contributed by atoms with van der Waals surface area (Å²) in [7, 11) is -4.03. The number of fused-ring (bicyclic) bond motifs is 3. The van der Waals surface area contributed by atoms with Gasteiger partial charge in [-0.2, -0.15) is 8.42 Å². The van der Waals surface area contributed by atoms with Crippen LogP contribution in [-0.2, 0) is 18.8 Å². The normalized spacial score (nSPS) is 58.7. The van der Waals surface area contributed by atoms with Crippen LogP contribution in [-0.4, -0.2) is 20.6 Å². The van der Waals surface area contributed by atoms with Crippen molar-refractivity contribution in [3.05, 3.63) is 72.9 Å². The van der Waals surface area contributed by atoms with E-state index < -0.39 is 22.6 Å². The van der Waals surface area contributed by atoms with Crippen LogP contribution in [0.25, 0.3) is 0 Å². The molecule has 1 aliphatic heterocycles. The van der Waals surface area contributed by atoms with E-state index in [0.717, 1.165) is 35.1 Å². The fourth-order valence-corrected chi connectivity index (χ4v) is 12.0. The highest BCUT2D eigenvalue weighted by atomic mass is 32.3. The van der Waals surface area contributed by atoms with Gasteiger partial charge in [0.15, 0.2) is 0 Å². The zero-order valence-corrected chi connectivity index (χ0v) is 19.6. The molecule has 0 N–H and O–H groups in total. The first-order chi connectivity index (χ1) is 15.6. The Morgan fingerprint density at radius 3 is 1.30 bits per heavy atom. The minimum atomic E-state index is -4.03. The van der Waals surface area contributed by atoms with Crippen molar-refractivity contribution >= 4 is 10.4 Å². The molecule has 33 heavy (non-hydrogen) atoms.